The predicted molar refractivity (Wildman–Crippen MR) is 204 cm³/mol. The number of alkyl halides is 2. The Hall–Kier alpha value is -5.62. The highest BCUT2D eigenvalue weighted by molar-refractivity contribution is 6.10. The number of amides is 3. The normalized spacial score (nSPS) is 13.0. The lowest BCUT2D eigenvalue weighted by atomic mass is 9.96. The molecule has 0 aromatic heterocycles. The summed E-state index contributed by atoms with van der Waals surface area (Å²) in [6.45, 7) is 7.09. The lowest BCUT2D eigenvalue weighted by molar-refractivity contribution is -0.161. The first-order chi connectivity index (χ1) is 26.3. The molecule has 0 fully saturated rings. The number of ketones is 1. The van der Waals surface area contributed by atoms with Gasteiger partial charge in [0.15, 0.2) is 0 Å². The Bertz CT molecular complexity index is 1810. The number of carbonyl (C=O) groups excluding carboxylic acids is 4. The van der Waals surface area contributed by atoms with Crippen LogP contribution in [-0.2, 0) is 50.1 Å². The fraction of sp³-hybridized carbons (Fsp3) is 0.349. The van der Waals surface area contributed by atoms with Crippen LogP contribution < -0.4 is 20.7 Å². The molecule has 4 rings (SSSR count). The first-order valence-corrected chi connectivity index (χ1v) is 18.2. The van der Waals surface area contributed by atoms with Gasteiger partial charge >= 0.3 is 12.0 Å². The van der Waals surface area contributed by atoms with Crippen LogP contribution in [0.15, 0.2) is 115 Å². The summed E-state index contributed by atoms with van der Waals surface area (Å²) < 4.78 is 48.7. The quantitative estimate of drug-likeness (QED) is 0.0845. The van der Waals surface area contributed by atoms with Crippen molar-refractivity contribution in [2.45, 2.75) is 78.0 Å². The van der Waals surface area contributed by atoms with E-state index in [1.807, 2.05) is 66.7 Å². The fourth-order valence-electron chi connectivity index (χ4n) is 5.46. The lowest BCUT2D eigenvalue weighted by Crippen LogP contribution is -2.60. The van der Waals surface area contributed by atoms with E-state index in [9.17, 15) is 19.2 Å². The molecular formula is C43H49F2N3O7. The van der Waals surface area contributed by atoms with Crippen LogP contribution in [0.2, 0.25) is 0 Å². The highest BCUT2D eigenvalue weighted by Gasteiger charge is 2.51. The Kier molecular flexibility index (Phi) is 15.9. The molecular weight excluding hydrogens is 708 g/mol. The molecule has 0 saturated carbocycles. The third-order valence-corrected chi connectivity index (χ3v) is 8.80. The number of Topliss-reactive ketones (excluding diaryl/α,β-unsaturated/α-hetero) is 1. The second-order valence-electron chi connectivity index (χ2n) is 13.9. The van der Waals surface area contributed by atoms with Crippen molar-refractivity contribution in [3.05, 3.63) is 138 Å². The molecule has 0 radical (unpaired) electrons. The van der Waals surface area contributed by atoms with Gasteiger partial charge in [-0.15, -0.1) is 0 Å². The van der Waals surface area contributed by atoms with Crippen LogP contribution in [0.5, 0.6) is 5.75 Å². The van der Waals surface area contributed by atoms with E-state index in [1.54, 1.807) is 76.2 Å². The second kappa shape index (κ2) is 20.7. The standard InChI is InChI=1S/C43H49F2N3O7/c1-29(2)37(28-53-25-32-14-8-5-9-15-32)47-41(51)43(44,45)39(49)36(24-31-20-22-35(23-21-31)54-26-33-16-10-6-11-17-33)46-40(50)38(30(3)4)48-42(52)55-27-34-18-12-7-13-19-34/h5-23,29-30,36-38H,24-28H2,1-4H3,(H,46,50)(H,47,51)(H,48,52)/t36-,37+,38+/m0/s1. The topological polar surface area (TPSA) is 132 Å². The molecule has 0 spiro atoms. The molecule has 0 unspecified atom stereocenters. The van der Waals surface area contributed by atoms with E-state index in [0.717, 1.165) is 11.1 Å². The van der Waals surface area contributed by atoms with Gasteiger partial charge in [0.05, 0.1) is 25.3 Å². The molecule has 4 aromatic carbocycles. The van der Waals surface area contributed by atoms with E-state index in [-0.39, 0.29) is 32.2 Å². The smallest absolute Gasteiger partial charge is 0.408 e. The fourth-order valence-corrected chi connectivity index (χ4v) is 5.46. The van der Waals surface area contributed by atoms with Gasteiger partial charge in [0.2, 0.25) is 11.7 Å². The van der Waals surface area contributed by atoms with Crippen molar-refractivity contribution in [1.82, 2.24) is 16.0 Å². The van der Waals surface area contributed by atoms with Crippen LogP contribution >= 0.6 is 0 Å². The summed E-state index contributed by atoms with van der Waals surface area (Å²) in [5, 5.41) is 7.17. The van der Waals surface area contributed by atoms with Crippen molar-refractivity contribution in [3.63, 3.8) is 0 Å². The first-order valence-electron chi connectivity index (χ1n) is 18.2. The Morgan fingerprint density at radius 2 is 1.15 bits per heavy atom. The molecule has 0 saturated heterocycles. The Morgan fingerprint density at radius 3 is 1.67 bits per heavy atom. The van der Waals surface area contributed by atoms with Gasteiger partial charge in [-0.05, 0) is 46.2 Å². The molecule has 4 aromatic rings. The van der Waals surface area contributed by atoms with Gasteiger partial charge in [0.25, 0.3) is 5.91 Å². The molecule has 292 valence electrons. The summed E-state index contributed by atoms with van der Waals surface area (Å²) in [4.78, 5) is 53.2. The predicted octanol–water partition coefficient (Wildman–Crippen LogP) is 6.81. The first kappa shape index (κ1) is 42.1. The number of ether oxygens (including phenoxy) is 3. The highest BCUT2D eigenvalue weighted by Crippen LogP contribution is 2.23. The van der Waals surface area contributed by atoms with Crippen molar-refractivity contribution in [1.29, 1.82) is 0 Å². The van der Waals surface area contributed by atoms with Crippen molar-refractivity contribution < 1.29 is 42.2 Å². The number of benzene rings is 4. The zero-order chi connectivity index (χ0) is 39.8. The van der Waals surface area contributed by atoms with Gasteiger partial charge in [-0.2, -0.15) is 8.78 Å². The summed E-state index contributed by atoms with van der Waals surface area (Å²) in [6, 6.07) is 30.1. The minimum Gasteiger partial charge on any atom is -0.489 e. The van der Waals surface area contributed by atoms with Crippen LogP contribution in [0.3, 0.4) is 0 Å². The van der Waals surface area contributed by atoms with Gasteiger partial charge < -0.3 is 30.2 Å². The number of hydrogen-bond acceptors (Lipinski definition) is 7. The Balaban J connectivity index is 1.49. The third-order valence-electron chi connectivity index (χ3n) is 8.80. The van der Waals surface area contributed by atoms with E-state index in [2.05, 4.69) is 16.0 Å². The maximum Gasteiger partial charge on any atom is 0.408 e. The van der Waals surface area contributed by atoms with Gasteiger partial charge in [-0.3, -0.25) is 14.4 Å². The van der Waals surface area contributed by atoms with E-state index >= 15 is 8.78 Å². The molecule has 3 N–H and O–H groups in total. The van der Waals surface area contributed by atoms with Crippen molar-refractivity contribution in [3.8, 4) is 5.75 Å². The zero-order valence-electron chi connectivity index (χ0n) is 31.5. The van der Waals surface area contributed by atoms with E-state index in [4.69, 9.17) is 14.2 Å². The number of carbonyl (C=O) groups is 4. The van der Waals surface area contributed by atoms with Gasteiger partial charge in [-0.25, -0.2) is 4.79 Å². The second-order valence-corrected chi connectivity index (χ2v) is 13.9. The molecule has 3 amide bonds. The molecule has 0 aliphatic heterocycles. The summed E-state index contributed by atoms with van der Waals surface area (Å²) >= 11 is 0. The van der Waals surface area contributed by atoms with Gasteiger partial charge in [0.1, 0.15) is 25.0 Å². The van der Waals surface area contributed by atoms with E-state index in [1.165, 1.54) is 0 Å². The summed E-state index contributed by atoms with van der Waals surface area (Å²) in [5.74, 6) is -9.43. The zero-order valence-corrected chi connectivity index (χ0v) is 31.5. The molecule has 0 bridgehead atoms. The number of alkyl carbamates (subject to hydrolysis) is 1. The van der Waals surface area contributed by atoms with Gasteiger partial charge in [0, 0.05) is 6.42 Å². The molecule has 0 aliphatic rings. The number of nitrogens with one attached hydrogen (secondary N) is 3. The number of halogens is 2. The molecule has 55 heavy (non-hydrogen) atoms. The number of rotatable bonds is 20. The van der Waals surface area contributed by atoms with E-state index in [0.29, 0.717) is 23.5 Å². The molecule has 12 heteroatoms. The summed E-state index contributed by atoms with van der Waals surface area (Å²) in [7, 11) is 0. The lowest BCUT2D eigenvalue weighted by Gasteiger charge is -2.28. The van der Waals surface area contributed by atoms with Gasteiger partial charge in [-0.1, -0.05) is 131 Å². The van der Waals surface area contributed by atoms with Crippen molar-refractivity contribution in [2.75, 3.05) is 6.61 Å². The SMILES string of the molecule is CC(C)[C@@H](COCc1ccccc1)NC(=O)C(F)(F)C(=O)[C@H](Cc1ccc(OCc2ccccc2)cc1)NC(=O)[C@H](NC(=O)OCc1ccccc1)C(C)C. The van der Waals surface area contributed by atoms with Crippen molar-refractivity contribution in [2.24, 2.45) is 11.8 Å². The monoisotopic (exact) mass is 757 g/mol. The largest absolute Gasteiger partial charge is 0.489 e. The highest BCUT2D eigenvalue weighted by atomic mass is 19.3. The van der Waals surface area contributed by atoms with Crippen LogP contribution in [-0.4, -0.2) is 54.3 Å². The minimum absolute atomic E-state index is 0.0682. The average molecular weight is 758 g/mol. The Morgan fingerprint density at radius 1 is 0.618 bits per heavy atom. The van der Waals surface area contributed by atoms with Crippen LogP contribution in [0.4, 0.5) is 13.6 Å². The average Bonchev–Trinajstić information content (AvgIpc) is 3.18. The van der Waals surface area contributed by atoms with Crippen LogP contribution in [0.25, 0.3) is 0 Å². The molecule has 0 aliphatic carbocycles. The molecule has 3 atom stereocenters. The number of hydrogen-bond donors (Lipinski definition) is 3. The minimum atomic E-state index is -4.54. The maximum absolute atomic E-state index is 15.9. The summed E-state index contributed by atoms with van der Waals surface area (Å²) in [5.41, 5.74) is 2.94. The van der Waals surface area contributed by atoms with Crippen LogP contribution in [0, 0.1) is 11.8 Å². The van der Waals surface area contributed by atoms with Crippen LogP contribution in [0.1, 0.15) is 49.9 Å². The summed E-state index contributed by atoms with van der Waals surface area (Å²) in [6.07, 6.45) is -1.30. The molecule has 0 heterocycles. The Labute approximate surface area is 321 Å². The van der Waals surface area contributed by atoms with Crippen molar-refractivity contribution >= 4 is 23.7 Å². The third kappa shape index (κ3) is 13.3. The molecule has 10 nitrogen and oxygen atoms in total. The van der Waals surface area contributed by atoms with E-state index < -0.39 is 53.7 Å². The maximum atomic E-state index is 15.9.